The first-order valence-corrected chi connectivity index (χ1v) is 7.62. The van der Waals surface area contributed by atoms with E-state index in [-0.39, 0.29) is 12.6 Å². The quantitative estimate of drug-likeness (QED) is 0.386. The Labute approximate surface area is 103 Å². The SMILES string of the molecule is CO[Si](CCOC(=O)CCCS)(OC)OC. The van der Waals surface area contributed by atoms with Gasteiger partial charge < -0.3 is 18.0 Å². The molecule has 16 heavy (non-hydrogen) atoms. The first-order valence-electron chi connectivity index (χ1n) is 5.06. The van der Waals surface area contributed by atoms with Crippen LogP contribution < -0.4 is 0 Å². The molecule has 0 aromatic rings. The normalized spacial score (nSPS) is 11.5. The van der Waals surface area contributed by atoms with Crippen molar-refractivity contribution in [1.82, 2.24) is 0 Å². The zero-order chi connectivity index (χ0) is 12.4. The number of rotatable bonds is 9. The molecule has 0 saturated carbocycles. The second kappa shape index (κ2) is 9.00. The molecule has 0 rings (SSSR count). The lowest BCUT2D eigenvalue weighted by Gasteiger charge is -2.23. The van der Waals surface area contributed by atoms with Crippen LogP contribution in [0.1, 0.15) is 12.8 Å². The smallest absolute Gasteiger partial charge is 0.466 e. The molecule has 0 aliphatic carbocycles. The van der Waals surface area contributed by atoms with E-state index in [0.29, 0.717) is 18.2 Å². The molecule has 0 aliphatic rings. The molecule has 0 aromatic carbocycles. The average molecular weight is 268 g/mol. The summed E-state index contributed by atoms with van der Waals surface area (Å²) in [5.41, 5.74) is 0. The molecule has 0 atom stereocenters. The minimum Gasteiger partial charge on any atom is -0.466 e. The zero-order valence-electron chi connectivity index (χ0n) is 10.0. The molecule has 0 amide bonds. The van der Waals surface area contributed by atoms with Crippen molar-refractivity contribution in [3.63, 3.8) is 0 Å². The molecule has 0 saturated heterocycles. The number of carbonyl (C=O) groups excluding carboxylic acids is 1. The summed E-state index contributed by atoms with van der Waals surface area (Å²) in [6.07, 6.45) is 1.12. The van der Waals surface area contributed by atoms with Crippen molar-refractivity contribution in [2.75, 3.05) is 33.7 Å². The van der Waals surface area contributed by atoms with Crippen LogP contribution in [0.4, 0.5) is 0 Å². The van der Waals surface area contributed by atoms with Crippen LogP contribution in [0.2, 0.25) is 6.04 Å². The van der Waals surface area contributed by atoms with Crippen molar-refractivity contribution >= 4 is 27.4 Å². The van der Waals surface area contributed by atoms with E-state index in [9.17, 15) is 4.79 Å². The predicted octanol–water partition coefficient (Wildman–Crippen LogP) is 1.12. The number of hydrogen-bond donors (Lipinski definition) is 1. The van der Waals surface area contributed by atoms with E-state index in [0.717, 1.165) is 6.42 Å². The minimum absolute atomic E-state index is 0.222. The van der Waals surface area contributed by atoms with Gasteiger partial charge in [-0.3, -0.25) is 4.79 Å². The van der Waals surface area contributed by atoms with Crippen molar-refractivity contribution in [1.29, 1.82) is 0 Å². The Kier molecular flexibility index (Phi) is 8.95. The van der Waals surface area contributed by atoms with Crippen molar-refractivity contribution in [3.05, 3.63) is 0 Å². The summed E-state index contributed by atoms with van der Waals surface area (Å²) in [6, 6.07) is 0.461. The summed E-state index contributed by atoms with van der Waals surface area (Å²) in [5.74, 6) is 0.461. The summed E-state index contributed by atoms with van der Waals surface area (Å²) in [4.78, 5) is 11.2. The Morgan fingerprint density at radius 1 is 1.19 bits per heavy atom. The maximum absolute atomic E-state index is 11.2. The lowest BCUT2D eigenvalue weighted by Crippen LogP contribution is -2.43. The largest absolute Gasteiger partial charge is 0.503 e. The second-order valence-corrected chi connectivity index (χ2v) is 6.63. The number of carbonyl (C=O) groups is 1. The fraction of sp³-hybridized carbons (Fsp3) is 0.889. The molecule has 7 heteroatoms. The van der Waals surface area contributed by atoms with E-state index in [1.54, 1.807) is 0 Å². The second-order valence-electron chi connectivity index (χ2n) is 3.09. The third-order valence-electron chi connectivity index (χ3n) is 2.14. The van der Waals surface area contributed by atoms with Gasteiger partial charge in [0.05, 0.1) is 12.7 Å². The third kappa shape index (κ3) is 5.85. The number of thiol groups is 1. The summed E-state index contributed by atoms with van der Waals surface area (Å²) in [6.45, 7) is 0.257. The van der Waals surface area contributed by atoms with Crippen molar-refractivity contribution in [3.8, 4) is 0 Å². The van der Waals surface area contributed by atoms with Crippen LogP contribution in [0.5, 0.6) is 0 Å². The maximum Gasteiger partial charge on any atom is 0.503 e. The number of esters is 1. The van der Waals surface area contributed by atoms with Crippen LogP contribution in [0.3, 0.4) is 0 Å². The maximum atomic E-state index is 11.2. The number of ether oxygens (including phenoxy) is 1. The molecule has 5 nitrogen and oxygen atoms in total. The molecule has 0 bridgehead atoms. The monoisotopic (exact) mass is 268 g/mol. The molecule has 0 spiro atoms. The lowest BCUT2D eigenvalue weighted by atomic mass is 10.3. The van der Waals surface area contributed by atoms with Crippen LogP contribution in [0, 0.1) is 0 Å². The predicted molar refractivity (Wildman–Crippen MR) is 65.6 cm³/mol. The molecule has 0 aliphatic heterocycles. The van der Waals surface area contributed by atoms with Crippen LogP contribution in [0.25, 0.3) is 0 Å². The van der Waals surface area contributed by atoms with Crippen LogP contribution >= 0.6 is 12.6 Å². The standard InChI is InChI=1S/C9H20O5SSi/c1-11-16(12-2,13-3)8-6-14-9(10)5-4-7-15/h15H,4-8H2,1-3H3. The van der Waals surface area contributed by atoms with Gasteiger partial charge in [-0.05, 0) is 12.2 Å². The van der Waals surface area contributed by atoms with Crippen LogP contribution in [-0.2, 0) is 22.8 Å². The Bertz CT molecular complexity index is 190. The van der Waals surface area contributed by atoms with E-state index in [1.807, 2.05) is 0 Å². The zero-order valence-corrected chi connectivity index (χ0v) is 11.9. The third-order valence-corrected chi connectivity index (χ3v) is 5.14. The molecule has 0 fully saturated rings. The van der Waals surface area contributed by atoms with Crippen molar-refractivity contribution in [2.24, 2.45) is 0 Å². The van der Waals surface area contributed by atoms with E-state index in [4.69, 9.17) is 18.0 Å². The Balaban J connectivity index is 3.81. The molecule has 0 N–H and O–H groups in total. The fourth-order valence-corrected chi connectivity index (χ4v) is 2.76. The topological polar surface area (TPSA) is 54.0 Å². The number of hydrogen-bond acceptors (Lipinski definition) is 6. The summed E-state index contributed by atoms with van der Waals surface area (Å²) in [7, 11) is 1.98. The van der Waals surface area contributed by atoms with Crippen LogP contribution in [0.15, 0.2) is 0 Å². The fourth-order valence-electron chi connectivity index (χ4n) is 1.14. The molecular formula is C9H20O5SSi. The Morgan fingerprint density at radius 3 is 2.19 bits per heavy atom. The van der Waals surface area contributed by atoms with Gasteiger partial charge in [0.15, 0.2) is 0 Å². The minimum atomic E-state index is -2.61. The molecule has 0 aromatic heterocycles. The van der Waals surface area contributed by atoms with Gasteiger partial charge in [-0.1, -0.05) is 0 Å². The van der Waals surface area contributed by atoms with E-state index in [2.05, 4.69) is 12.6 Å². The highest BCUT2D eigenvalue weighted by Crippen LogP contribution is 2.12. The Morgan fingerprint density at radius 2 is 1.75 bits per heavy atom. The summed E-state index contributed by atoms with van der Waals surface area (Å²) in [5, 5.41) is 0. The van der Waals surface area contributed by atoms with Crippen molar-refractivity contribution in [2.45, 2.75) is 18.9 Å². The molecular weight excluding hydrogens is 248 g/mol. The summed E-state index contributed by atoms with van der Waals surface area (Å²) >= 11 is 4.02. The highest BCUT2D eigenvalue weighted by atomic mass is 32.1. The van der Waals surface area contributed by atoms with E-state index < -0.39 is 8.80 Å². The molecule has 0 unspecified atom stereocenters. The van der Waals surface area contributed by atoms with Gasteiger partial charge in [0.25, 0.3) is 0 Å². The van der Waals surface area contributed by atoms with Gasteiger partial charge in [-0.2, -0.15) is 12.6 Å². The van der Waals surface area contributed by atoms with Gasteiger partial charge in [-0.15, -0.1) is 0 Å². The van der Waals surface area contributed by atoms with E-state index >= 15 is 0 Å². The highest BCUT2D eigenvalue weighted by Gasteiger charge is 2.37. The first-order chi connectivity index (χ1) is 7.64. The van der Waals surface area contributed by atoms with Crippen LogP contribution in [-0.4, -0.2) is 48.5 Å². The lowest BCUT2D eigenvalue weighted by molar-refractivity contribution is -0.143. The van der Waals surface area contributed by atoms with Gasteiger partial charge >= 0.3 is 14.8 Å². The molecule has 0 heterocycles. The average Bonchev–Trinajstić information content (AvgIpc) is 2.33. The van der Waals surface area contributed by atoms with Gasteiger partial charge in [0.1, 0.15) is 0 Å². The highest BCUT2D eigenvalue weighted by molar-refractivity contribution is 7.80. The van der Waals surface area contributed by atoms with E-state index in [1.165, 1.54) is 21.3 Å². The molecule has 96 valence electrons. The molecule has 0 radical (unpaired) electrons. The van der Waals surface area contributed by atoms with Gasteiger partial charge in [0, 0.05) is 27.8 Å². The van der Waals surface area contributed by atoms with Gasteiger partial charge in [-0.25, -0.2) is 0 Å². The Hall–Kier alpha value is -0.0831. The summed E-state index contributed by atoms with van der Waals surface area (Å²) < 4.78 is 20.6. The first kappa shape index (κ1) is 15.9. The van der Waals surface area contributed by atoms with Gasteiger partial charge in [0.2, 0.25) is 0 Å². The van der Waals surface area contributed by atoms with Crippen molar-refractivity contribution < 1.29 is 22.8 Å².